The van der Waals surface area contributed by atoms with Crippen LogP contribution in [0, 0.1) is 0 Å². The molecule has 0 atom stereocenters. The van der Waals surface area contributed by atoms with Crippen molar-refractivity contribution in [3.8, 4) is 0 Å². The van der Waals surface area contributed by atoms with Gasteiger partial charge < -0.3 is 4.90 Å². The van der Waals surface area contributed by atoms with Crippen LogP contribution >= 0.6 is 11.6 Å². The molecule has 96 valence electrons. The van der Waals surface area contributed by atoms with Gasteiger partial charge in [0.2, 0.25) is 0 Å². The minimum Gasteiger partial charge on any atom is -0.350 e. The van der Waals surface area contributed by atoms with Gasteiger partial charge in [-0.05, 0) is 11.6 Å². The molecule has 0 radical (unpaired) electrons. The Morgan fingerprint density at radius 3 is 2.53 bits per heavy atom. The number of aliphatic imine (C=N–C) groups is 1. The number of amidine groups is 1. The molecule has 0 aliphatic carbocycles. The first-order valence-electron chi connectivity index (χ1n) is 6.43. The van der Waals surface area contributed by atoms with E-state index in [4.69, 9.17) is 11.6 Å². The van der Waals surface area contributed by atoms with Crippen LogP contribution in [0.3, 0.4) is 0 Å². The van der Waals surface area contributed by atoms with Gasteiger partial charge in [0, 0.05) is 23.7 Å². The van der Waals surface area contributed by atoms with E-state index in [0.29, 0.717) is 0 Å². The molecule has 0 unspecified atom stereocenters. The monoisotopic (exact) mass is 270 g/mol. The number of benzene rings is 2. The molecule has 0 N–H and O–H groups in total. The van der Waals surface area contributed by atoms with Gasteiger partial charge >= 0.3 is 0 Å². The van der Waals surface area contributed by atoms with Gasteiger partial charge in [-0.2, -0.15) is 0 Å². The summed E-state index contributed by atoms with van der Waals surface area (Å²) in [5, 5.41) is 0.821. The Bertz CT molecular complexity index is 593. The first kappa shape index (κ1) is 12.2. The van der Waals surface area contributed by atoms with E-state index >= 15 is 0 Å². The summed E-state index contributed by atoms with van der Waals surface area (Å²) >= 11 is 6.23. The van der Waals surface area contributed by atoms with Crippen molar-refractivity contribution in [1.82, 2.24) is 4.90 Å². The van der Waals surface area contributed by atoms with Crippen molar-refractivity contribution in [2.75, 3.05) is 13.1 Å². The lowest BCUT2D eigenvalue weighted by Gasteiger charge is -2.21. The van der Waals surface area contributed by atoms with Crippen molar-refractivity contribution in [3.05, 3.63) is 70.7 Å². The smallest absolute Gasteiger partial charge is 0.131 e. The maximum Gasteiger partial charge on any atom is 0.131 e. The van der Waals surface area contributed by atoms with E-state index in [9.17, 15) is 0 Å². The molecular formula is C16H15ClN2. The normalized spacial score (nSPS) is 14.6. The van der Waals surface area contributed by atoms with E-state index in [-0.39, 0.29) is 0 Å². The third kappa shape index (κ3) is 2.64. The molecule has 0 saturated carbocycles. The quantitative estimate of drug-likeness (QED) is 0.832. The molecular weight excluding hydrogens is 256 g/mol. The molecule has 1 heterocycles. The SMILES string of the molecule is Clc1ccccc1CN1CCN=C1c1ccccc1. The predicted molar refractivity (Wildman–Crippen MR) is 79.7 cm³/mol. The van der Waals surface area contributed by atoms with Gasteiger partial charge in [0.15, 0.2) is 0 Å². The summed E-state index contributed by atoms with van der Waals surface area (Å²) in [5.74, 6) is 1.07. The Kier molecular flexibility index (Phi) is 3.51. The number of hydrogen-bond donors (Lipinski definition) is 0. The minimum absolute atomic E-state index is 0.813. The van der Waals surface area contributed by atoms with E-state index in [2.05, 4.69) is 28.1 Å². The molecule has 19 heavy (non-hydrogen) atoms. The number of nitrogens with zero attached hydrogens (tertiary/aromatic N) is 2. The van der Waals surface area contributed by atoms with Gasteiger partial charge in [-0.3, -0.25) is 4.99 Å². The zero-order valence-corrected chi connectivity index (χ0v) is 11.3. The summed E-state index contributed by atoms with van der Waals surface area (Å²) in [5.41, 5.74) is 2.32. The lowest BCUT2D eigenvalue weighted by atomic mass is 10.1. The van der Waals surface area contributed by atoms with Gasteiger partial charge in [-0.25, -0.2) is 0 Å². The van der Waals surface area contributed by atoms with E-state index in [1.807, 2.05) is 36.4 Å². The van der Waals surface area contributed by atoms with Crippen molar-refractivity contribution < 1.29 is 0 Å². The molecule has 2 nitrogen and oxygen atoms in total. The molecule has 1 aliphatic rings. The van der Waals surface area contributed by atoms with E-state index in [0.717, 1.165) is 36.1 Å². The van der Waals surface area contributed by atoms with Gasteiger partial charge in [-0.15, -0.1) is 0 Å². The van der Waals surface area contributed by atoms with Crippen LogP contribution < -0.4 is 0 Å². The van der Waals surface area contributed by atoms with Crippen LogP contribution in [-0.4, -0.2) is 23.8 Å². The third-order valence-corrected chi connectivity index (χ3v) is 3.65. The molecule has 3 heteroatoms. The third-order valence-electron chi connectivity index (χ3n) is 3.28. The molecule has 2 aromatic rings. The fourth-order valence-electron chi connectivity index (χ4n) is 2.33. The van der Waals surface area contributed by atoms with Crippen molar-refractivity contribution in [3.63, 3.8) is 0 Å². The minimum atomic E-state index is 0.813. The van der Waals surface area contributed by atoms with E-state index in [1.54, 1.807) is 0 Å². The average Bonchev–Trinajstić information content (AvgIpc) is 2.91. The van der Waals surface area contributed by atoms with Crippen LogP contribution in [0.1, 0.15) is 11.1 Å². The molecule has 2 aromatic carbocycles. The summed E-state index contributed by atoms with van der Waals surface area (Å²) in [4.78, 5) is 6.90. The Morgan fingerprint density at radius 1 is 1.00 bits per heavy atom. The fourth-order valence-corrected chi connectivity index (χ4v) is 2.53. The lowest BCUT2D eigenvalue weighted by molar-refractivity contribution is 0.453. The molecule has 0 amide bonds. The van der Waals surface area contributed by atoms with Gasteiger partial charge in [-0.1, -0.05) is 60.1 Å². The summed E-state index contributed by atoms with van der Waals surface area (Å²) < 4.78 is 0. The summed E-state index contributed by atoms with van der Waals surface area (Å²) in [6.07, 6.45) is 0. The number of rotatable bonds is 3. The number of halogens is 1. The van der Waals surface area contributed by atoms with Gasteiger partial charge in [0.1, 0.15) is 5.84 Å². The van der Waals surface area contributed by atoms with Crippen molar-refractivity contribution in [2.24, 2.45) is 4.99 Å². The van der Waals surface area contributed by atoms with Crippen molar-refractivity contribution >= 4 is 17.4 Å². The molecule has 0 aromatic heterocycles. The lowest BCUT2D eigenvalue weighted by Crippen LogP contribution is -2.28. The van der Waals surface area contributed by atoms with Gasteiger partial charge in [0.05, 0.1) is 6.54 Å². The van der Waals surface area contributed by atoms with Crippen LogP contribution in [0.4, 0.5) is 0 Å². The Morgan fingerprint density at radius 2 is 1.74 bits per heavy atom. The van der Waals surface area contributed by atoms with Crippen LogP contribution in [-0.2, 0) is 6.54 Å². The predicted octanol–water partition coefficient (Wildman–Crippen LogP) is 3.60. The highest BCUT2D eigenvalue weighted by atomic mass is 35.5. The molecule has 0 fully saturated rings. The second kappa shape index (κ2) is 5.45. The maximum absolute atomic E-state index is 6.23. The van der Waals surface area contributed by atoms with Crippen LogP contribution in [0.2, 0.25) is 5.02 Å². The molecule has 1 aliphatic heterocycles. The summed E-state index contributed by atoms with van der Waals surface area (Å²) in [7, 11) is 0. The molecule has 0 spiro atoms. The Hall–Kier alpha value is -1.80. The van der Waals surface area contributed by atoms with E-state index in [1.165, 1.54) is 5.56 Å². The van der Waals surface area contributed by atoms with E-state index < -0.39 is 0 Å². The highest BCUT2D eigenvalue weighted by Crippen LogP contribution is 2.20. The van der Waals surface area contributed by atoms with Crippen LogP contribution in [0.15, 0.2) is 59.6 Å². The molecule has 0 bridgehead atoms. The molecule has 0 saturated heterocycles. The second-order valence-electron chi connectivity index (χ2n) is 4.58. The first-order chi connectivity index (χ1) is 9.34. The van der Waals surface area contributed by atoms with Crippen molar-refractivity contribution in [2.45, 2.75) is 6.54 Å². The zero-order valence-electron chi connectivity index (χ0n) is 10.6. The highest BCUT2D eigenvalue weighted by molar-refractivity contribution is 6.31. The molecule has 3 rings (SSSR count). The van der Waals surface area contributed by atoms with Crippen LogP contribution in [0.25, 0.3) is 0 Å². The fraction of sp³-hybridized carbons (Fsp3) is 0.188. The first-order valence-corrected chi connectivity index (χ1v) is 6.80. The van der Waals surface area contributed by atoms with Crippen molar-refractivity contribution in [1.29, 1.82) is 0 Å². The number of hydrogen-bond acceptors (Lipinski definition) is 2. The Labute approximate surface area is 118 Å². The van der Waals surface area contributed by atoms with Crippen LogP contribution in [0.5, 0.6) is 0 Å². The largest absolute Gasteiger partial charge is 0.350 e. The summed E-state index contributed by atoms with van der Waals surface area (Å²) in [6.45, 7) is 2.62. The topological polar surface area (TPSA) is 15.6 Å². The Balaban J connectivity index is 1.83. The standard InChI is InChI=1S/C16H15ClN2/c17-15-9-5-4-8-14(15)12-19-11-10-18-16(19)13-6-2-1-3-7-13/h1-9H,10-12H2. The summed E-state index contributed by atoms with van der Waals surface area (Å²) in [6, 6.07) is 18.3. The maximum atomic E-state index is 6.23. The van der Waals surface area contributed by atoms with Gasteiger partial charge in [0.25, 0.3) is 0 Å². The average molecular weight is 271 g/mol. The second-order valence-corrected chi connectivity index (χ2v) is 4.99. The zero-order chi connectivity index (χ0) is 13.1. The highest BCUT2D eigenvalue weighted by Gasteiger charge is 2.19.